The lowest BCUT2D eigenvalue weighted by Crippen LogP contribution is -2.02. The maximum atomic E-state index is 12.4. The molecule has 13 heavy (non-hydrogen) atoms. The molecule has 1 N–H and O–H groups in total. The lowest BCUT2D eigenvalue weighted by atomic mass is 10.2. The van der Waals surface area contributed by atoms with E-state index in [1.807, 2.05) is 22.6 Å². The number of hydrogen-bond donors (Lipinski definition) is 1. The van der Waals surface area contributed by atoms with Gasteiger partial charge in [0.25, 0.3) is 6.43 Å². The van der Waals surface area contributed by atoms with E-state index in [-0.39, 0.29) is 11.3 Å². The van der Waals surface area contributed by atoms with Crippen molar-refractivity contribution in [1.29, 1.82) is 0 Å². The van der Waals surface area contributed by atoms with Gasteiger partial charge in [-0.2, -0.15) is 0 Å². The first kappa shape index (κ1) is 10.8. The van der Waals surface area contributed by atoms with Gasteiger partial charge in [0.05, 0.1) is 18.0 Å². The molecule has 0 spiro atoms. The summed E-state index contributed by atoms with van der Waals surface area (Å²) in [6, 6.07) is 1.36. The van der Waals surface area contributed by atoms with Crippen molar-refractivity contribution in [3.63, 3.8) is 0 Å². The van der Waals surface area contributed by atoms with Gasteiger partial charge < -0.3 is 5.11 Å². The van der Waals surface area contributed by atoms with Crippen molar-refractivity contribution in [2.24, 2.45) is 0 Å². The standard InChI is InChI=1S/C8H8F2INO/c1-4-6(11)2-5(8(9)10)7(3-13)12-4/h2,8,13H,3H2,1H3. The molecular formula is C8H8F2INO. The molecule has 0 amide bonds. The Bertz CT molecular complexity index is 317. The number of hydrogen-bond acceptors (Lipinski definition) is 2. The summed E-state index contributed by atoms with van der Waals surface area (Å²) in [4.78, 5) is 3.87. The van der Waals surface area contributed by atoms with Crippen LogP contribution in [0, 0.1) is 10.5 Å². The van der Waals surface area contributed by atoms with Crippen LogP contribution in [0.3, 0.4) is 0 Å². The van der Waals surface area contributed by atoms with Crippen molar-refractivity contribution >= 4 is 22.6 Å². The minimum Gasteiger partial charge on any atom is -0.390 e. The third-order valence-electron chi connectivity index (χ3n) is 1.65. The largest absolute Gasteiger partial charge is 0.390 e. The van der Waals surface area contributed by atoms with E-state index in [4.69, 9.17) is 5.11 Å². The SMILES string of the molecule is Cc1nc(CO)c(C(F)F)cc1I. The molecule has 0 saturated carbocycles. The Labute approximate surface area is 88.1 Å². The second-order valence-electron chi connectivity index (χ2n) is 2.55. The predicted molar refractivity (Wildman–Crippen MR) is 52.6 cm³/mol. The van der Waals surface area contributed by atoms with E-state index in [0.29, 0.717) is 9.26 Å². The maximum Gasteiger partial charge on any atom is 0.265 e. The minimum absolute atomic E-state index is 0.0629. The van der Waals surface area contributed by atoms with Crippen LogP contribution in [0.2, 0.25) is 0 Å². The molecule has 0 aliphatic heterocycles. The number of nitrogens with zero attached hydrogens (tertiary/aromatic N) is 1. The molecule has 0 aromatic carbocycles. The Hall–Kier alpha value is -0.300. The third-order valence-corrected chi connectivity index (χ3v) is 2.74. The average molecular weight is 299 g/mol. The van der Waals surface area contributed by atoms with Gasteiger partial charge in [-0.3, -0.25) is 4.98 Å². The van der Waals surface area contributed by atoms with Crippen LogP contribution in [0.25, 0.3) is 0 Å². The summed E-state index contributed by atoms with van der Waals surface area (Å²) in [5, 5.41) is 8.78. The molecule has 0 bridgehead atoms. The van der Waals surface area contributed by atoms with Crippen LogP contribution in [0.5, 0.6) is 0 Å². The van der Waals surface area contributed by atoms with E-state index < -0.39 is 13.0 Å². The Morgan fingerprint density at radius 3 is 2.69 bits per heavy atom. The lowest BCUT2D eigenvalue weighted by molar-refractivity contribution is 0.146. The first-order chi connectivity index (χ1) is 6.06. The summed E-state index contributed by atoms with van der Waals surface area (Å²) < 4.78 is 25.4. The molecule has 1 rings (SSSR count). The molecular weight excluding hydrogens is 291 g/mol. The average Bonchev–Trinajstić information content (AvgIpc) is 2.08. The highest BCUT2D eigenvalue weighted by atomic mass is 127. The second-order valence-corrected chi connectivity index (χ2v) is 3.71. The van der Waals surface area contributed by atoms with Crippen LogP contribution in [-0.4, -0.2) is 10.1 Å². The lowest BCUT2D eigenvalue weighted by Gasteiger charge is -2.07. The maximum absolute atomic E-state index is 12.4. The fraction of sp³-hybridized carbons (Fsp3) is 0.375. The Balaban J connectivity index is 3.25. The van der Waals surface area contributed by atoms with E-state index in [9.17, 15) is 8.78 Å². The quantitative estimate of drug-likeness (QED) is 0.851. The topological polar surface area (TPSA) is 33.1 Å². The first-order valence-corrected chi connectivity index (χ1v) is 4.69. The third kappa shape index (κ3) is 2.34. The molecule has 0 saturated heterocycles. The monoisotopic (exact) mass is 299 g/mol. The van der Waals surface area contributed by atoms with Gasteiger partial charge >= 0.3 is 0 Å². The molecule has 0 aliphatic rings. The summed E-state index contributed by atoms with van der Waals surface area (Å²) >= 11 is 1.94. The Kier molecular flexibility index (Phi) is 3.55. The Morgan fingerprint density at radius 1 is 1.62 bits per heavy atom. The van der Waals surface area contributed by atoms with Crippen molar-refractivity contribution in [3.8, 4) is 0 Å². The fourth-order valence-corrected chi connectivity index (χ4v) is 1.42. The van der Waals surface area contributed by atoms with Crippen molar-refractivity contribution in [1.82, 2.24) is 4.98 Å². The molecule has 1 aromatic rings. The van der Waals surface area contributed by atoms with Crippen LogP contribution in [0.15, 0.2) is 6.07 Å². The normalized spacial score (nSPS) is 10.9. The van der Waals surface area contributed by atoms with Gasteiger partial charge in [-0.25, -0.2) is 8.78 Å². The van der Waals surface area contributed by atoms with Crippen LogP contribution < -0.4 is 0 Å². The molecule has 72 valence electrons. The summed E-state index contributed by atoms with van der Waals surface area (Å²) in [7, 11) is 0. The highest BCUT2D eigenvalue weighted by Gasteiger charge is 2.15. The van der Waals surface area contributed by atoms with Gasteiger partial charge in [-0.15, -0.1) is 0 Å². The van der Waals surface area contributed by atoms with Crippen LogP contribution >= 0.6 is 22.6 Å². The summed E-state index contributed by atoms with van der Waals surface area (Å²) in [5.41, 5.74) is 0.541. The first-order valence-electron chi connectivity index (χ1n) is 3.61. The van der Waals surface area contributed by atoms with Crippen LogP contribution in [0.4, 0.5) is 8.78 Å². The molecule has 0 unspecified atom stereocenters. The molecule has 0 fully saturated rings. The summed E-state index contributed by atoms with van der Waals surface area (Å²) in [6.45, 7) is 1.27. The zero-order chi connectivity index (χ0) is 10.0. The van der Waals surface area contributed by atoms with Crippen LogP contribution in [-0.2, 0) is 6.61 Å². The van der Waals surface area contributed by atoms with Gasteiger partial charge in [0.15, 0.2) is 0 Å². The van der Waals surface area contributed by atoms with Crippen LogP contribution in [0.1, 0.15) is 23.4 Å². The van der Waals surface area contributed by atoms with Gasteiger partial charge in [0.2, 0.25) is 0 Å². The molecule has 5 heteroatoms. The van der Waals surface area contributed by atoms with E-state index in [0.717, 1.165) is 0 Å². The zero-order valence-electron chi connectivity index (χ0n) is 6.89. The number of aromatic nitrogens is 1. The second kappa shape index (κ2) is 4.28. The van der Waals surface area contributed by atoms with Gasteiger partial charge in [0, 0.05) is 9.13 Å². The molecule has 0 aliphatic carbocycles. The molecule has 0 radical (unpaired) electrons. The summed E-state index contributed by atoms with van der Waals surface area (Å²) in [5.74, 6) is 0. The number of halogens is 3. The van der Waals surface area contributed by atoms with Crippen molar-refractivity contribution in [2.75, 3.05) is 0 Å². The van der Waals surface area contributed by atoms with E-state index >= 15 is 0 Å². The number of alkyl halides is 2. The smallest absolute Gasteiger partial charge is 0.265 e. The molecule has 0 atom stereocenters. The van der Waals surface area contributed by atoms with Crippen molar-refractivity contribution in [2.45, 2.75) is 20.0 Å². The van der Waals surface area contributed by atoms with E-state index in [1.165, 1.54) is 6.07 Å². The summed E-state index contributed by atoms with van der Waals surface area (Å²) in [6.07, 6.45) is -2.58. The predicted octanol–water partition coefficient (Wildman–Crippen LogP) is 2.42. The number of aliphatic hydroxyl groups excluding tert-OH is 1. The van der Waals surface area contributed by atoms with Crippen molar-refractivity contribution in [3.05, 3.63) is 26.6 Å². The number of rotatable bonds is 2. The molecule has 1 aromatic heterocycles. The molecule has 1 heterocycles. The molecule has 2 nitrogen and oxygen atoms in total. The minimum atomic E-state index is -2.58. The van der Waals surface area contributed by atoms with E-state index in [1.54, 1.807) is 6.92 Å². The highest BCUT2D eigenvalue weighted by Crippen LogP contribution is 2.24. The fourth-order valence-electron chi connectivity index (χ4n) is 0.960. The Morgan fingerprint density at radius 2 is 2.23 bits per heavy atom. The van der Waals surface area contributed by atoms with Gasteiger partial charge in [-0.1, -0.05) is 0 Å². The van der Waals surface area contributed by atoms with E-state index in [2.05, 4.69) is 4.98 Å². The van der Waals surface area contributed by atoms with Gasteiger partial charge in [0.1, 0.15) is 0 Å². The van der Waals surface area contributed by atoms with Crippen molar-refractivity contribution < 1.29 is 13.9 Å². The van der Waals surface area contributed by atoms with Gasteiger partial charge in [-0.05, 0) is 35.6 Å². The number of aliphatic hydroxyl groups is 1. The number of pyridine rings is 1. The zero-order valence-corrected chi connectivity index (χ0v) is 9.05. The number of aryl methyl sites for hydroxylation is 1. The highest BCUT2D eigenvalue weighted by molar-refractivity contribution is 14.1.